The fraction of sp³-hybridized carbons (Fsp3) is 0.619. The van der Waals surface area contributed by atoms with E-state index in [4.69, 9.17) is 14.2 Å². The number of benzene rings is 1. The average molecular weight is 377 g/mol. The normalized spacial score (nSPS) is 14.9. The van der Waals surface area contributed by atoms with E-state index in [9.17, 15) is 9.59 Å². The van der Waals surface area contributed by atoms with Crippen LogP contribution in [0.4, 0.5) is 0 Å². The van der Waals surface area contributed by atoms with Crippen molar-refractivity contribution in [3.63, 3.8) is 0 Å². The highest BCUT2D eigenvalue weighted by atomic mass is 16.6. The van der Waals surface area contributed by atoms with E-state index in [0.717, 1.165) is 30.8 Å². The molecule has 0 aliphatic carbocycles. The van der Waals surface area contributed by atoms with Crippen LogP contribution in [0.3, 0.4) is 0 Å². The summed E-state index contributed by atoms with van der Waals surface area (Å²) < 4.78 is 15.9. The van der Waals surface area contributed by atoms with Gasteiger partial charge in [-0.15, -0.1) is 0 Å². The van der Waals surface area contributed by atoms with Crippen LogP contribution < -0.4 is 4.74 Å². The summed E-state index contributed by atoms with van der Waals surface area (Å²) >= 11 is 0. The van der Waals surface area contributed by atoms with Gasteiger partial charge in [0.2, 0.25) is 0 Å². The first kappa shape index (κ1) is 21.2. The largest absolute Gasteiger partial charge is 0.481 e. The molecule has 1 heterocycles. The maximum absolute atomic E-state index is 12.2. The third kappa shape index (κ3) is 5.96. The molecule has 0 spiro atoms. The predicted octanol–water partition coefficient (Wildman–Crippen LogP) is 3.31. The van der Waals surface area contributed by atoms with Crippen LogP contribution in [0.25, 0.3) is 0 Å². The second-order valence-electron chi connectivity index (χ2n) is 7.23. The van der Waals surface area contributed by atoms with Crippen LogP contribution in [-0.2, 0) is 14.3 Å². The van der Waals surface area contributed by atoms with Crippen LogP contribution in [0.1, 0.15) is 60.5 Å². The number of carbonyl (C=O) groups is 2. The van der Waals surface area contributed by atoms with E-state index >= 15 is 0 Å². The van der Waals surface area contributed by atoms with Gasteiger partial charge in [0.25, 0.3) is 0 Å². The molecule has 1 aliphatic heterocycles. The Kier molecular flexibility index (Phi) is 8.10. The lowest BCUT2D eigenvalue weighted by Gasteiger charge is -2.25. The van der Waals surface area contributed by atoms with Crippen LogP contribution in [0.5, 0.6) is 5.75 Å². The third-order valence-electron chi connectivity index (χ3n) is 4.86. The first-order valence-corrected chi connectivity index (χ1v) is 9.66. The number of hydrogen-bond donors (Lipinski definition) is 0. The molecule has 1 aromatic rings. The number of likely N-dealkylation sites (tertiary alicyclic amines) is 1. The molecule has 1 aromatic carbocycles. The zero-order chi connectivity index (χ0) is 19.8. The van der Waals surface area contributed by atoms with Gasteiger partial charge < -0.3 is 14.2 Å². The predicted molar refractivity (Wildman–Crippen MR) is 103 cm³/mol. The van der Waals surface area contributed by atoms with Gasteiger partial charge in [0.15, 0.2) is 6.61 Å². The van der Waals surface area contributed by atoms with Gasteiger partial charge >= 0.3 is 11.9 Å². The Morgan fingerprint density at radius 1 is 1.15 bits per heavy atom. The average Bonchev–Trinajstić information content (AvgIpc) is 2.66. The standard InChI is InChI=1S/C21H31NO5/c1-15(2)17-9-8-16(3)19(21(24)25-4)20(17)27-14-18(23)26-13-12-22-10-6-5-7-11-22/h8-9,15H,5-7,10-14H2,1-4H3. The number of piperidine rings is 1. The molecular formula is C21H31NO5. The van der Waals surface area contributed by atoms with E-state index in [1.807, 2.05) is 32.9 Å². The molecule has 6 heteroatoms. The monoisotopic (exact) mass is 377 g/mol. The number of rotatable bonds is 8. The highest BCUT2D eigenvalue weighted by molar-refractivity contribution is 5.94. The summed E-state index contributed by atoms with van der Waals surface area (Å²) in [5.74, 6) is -0.355. The van der Waals surface area contributed by atoms with Crippen LogP contribution >= 0.6 is 0 Å². The van der Waals surface area contributed by atoms with E-state index in [-0.39, 0.29) is 12.5 Å². The second kappa shape index (κ2) is 10.3. The van der Waals surface area contributed by atoms with Gasteiger partial charge in [-0.1, -0.05) is 32.4 Å². The SMILES string of the molecule is COC(=O)c1c(C)ccc(C(C)C)c1OCC(=O)OCCN1CCCCC1. The summed E-state index contributed by atoms with van der Waals surface area (Å²) in [7, 11) is 1.34. The van der Waals surface area contributed by atoms with Crippen molar-refractivity contribution in [2.24, 2.45) is 0 Å². The molecule has 0 saturated carbocycles. The number of nitrogens with zero attached hydrogens (tertiary/aromatic N) is 1. The van der Waals surface area contributed by atoms with Gasteiger partial charge in [-0.05, 0) is 49.9 Å². The zero-order valence-corrected chi connectivity index (χ0v) is 16.9. The van der Waals surface area contributed by atoms with Crippen LogP contribution in [0.2, 0.25) is 0 Å². The summed E-state index contributed by atoms with van der Waals surface area (Å²) in [6.07, 6.45) is 3.69. The van der Waals surface area contributed by atoms with Crippen molar-refractivity contribution in [3.05, 3.63) is 28.8 Å². The number of hydrogen-bond acceptors (Lipinski definition) is 6. The Bertz CT molecular complexity index is 650. The maximum atomic E-state index is 12.2. The fourth-order valence-corrected chi connectivity index (χ4v) is 3.31. The highest BCUT2D eigenvalue weighted by Gasteiger charge is 2.22. The molecular weight excluding hydrogens is 346 g/mol. The van der Waals surface area contributed by atoms with E-state index in [1.165, 1.54) is 26.4 Å². The number of ether oxygens (including phenoxy) is 3. The van der Waals surface area contributed by atoms with Crippen molar-refractivity contribution < 1.29 is 23.8 Å². The summed E-state index contributed by atoms with van der Waals surface area (Å²) in [6, 6.07) is 3.79. The van der Waals surface area contributed by atoms with Crippen LogP contribution in [0.15, 0.2) is 12.1 Å². The zero-order valence-electron chi connectivity index (χ0n) is 16.9. The molecule has 0 radical (unpaired) electrons. The molecule has 1 saturated heterocycles. The molecule has 0 unspecified atom stereocenters. The molecule has 150 valence electrons. The summed E-state index contributed by atoms with van der Waals surface area (Å²) in [6.45, 7) is 8.85. The topological polar surface area (TPSA) is 65.1 Å². The fourth-order valence-electron chi connectivity index (χ4n) is 3.31. The van der Waals surface area contributed by atoms with Crippen LogP contribution in [0, 0.1) is 6.92 Å². The molecule has 2 rings (SSSR count). The number of esters is 2. The van der Waals surface area contributed by atoms with E-state index < -0.39 is 11.9 Å². The molecule has 0 N–H and O–H groups in total. The summed E-state index contributed by atoms with van der Waals surface area (Å²) in [5, 5.41) is 0. The van der Waals surface area contributed by atoms with Crippen molar-refractivity contribution in [2.75, 3.05) is 40.0 Å². The van der Waals surface area contributed by atoms with Crippen molar-refractivity contribution >= 4 is 11.9 Å². The quantitative estimate of drug-likeness (QED) is 0.648. The van der Waals surface area contributed by atoms with Crippen LogP contribution in [-0.4, -0.2) is 56.8 Å². The Balaban J connectivity index is 1.97. The lowest BCUT2D eigenvalue weighted by atomic mass is 9.96. The molecule has 0 aromatic heterocycles. The molecule has 27 heavy (non-hydrogen) atoms. The van der Waals surface area contributed by atoms with Gasteiger partial charge in [-0.25, -0.2) is 9.59 Å². The Hall–Kier alpha value is -2.08. The molecule has 0 bridgehead atoms. The maximum Gasteiger partial charge on any atom is 0.344 e. The molecule has 0 amide bonds. The van der Waals surface area contributed by atoms with E-state index in [0.29, 0.717) is 17.9 Å². The number of carbonyl (C=O) groups excluding carboxylic acids is 2. The minimum Gasteiger partial charge on any atom is -0.481 e. The van der Waals surface area contributed by atoms with Gasteiger partial charge in [0, 0.05) is 6.54 Å². The van der Waals surface area contributed by atoms with Crippen molar-refractivity contribution in [2.45, 2.75) is 46.0 Å². The molecule has 6 nitrogen and oxygen atoms in total. The molecule has 1 aliphatic rings. The van der Waals surface area contributed by atoms with E-state index in [2.05, 4.69) is 4.90 Å². The third-order valence-corrected chi connectivity index (χ3v) is 4.86. The van der Waals surface area contributed by atoms with Gasteiger partial charge in [-0.3, -0.25) is 4.90 Å². The van der Waals surface area contributed by atoms with E-state index in [1.54, 1.807) is 0 Å². The summed E-state index contributed by atoms with van der Waals surface area (Å²) in [4.78, 5) is 26.6. The minimum atomic E-state index is -0.469. The minimum absolute atomic E-state index is 0.138. The van der Waals surface area contributed by atoms with Gasteiger partial charge in [0.05, 0.1) is 7.11 Å². The molecule has 0 atom stereocenters. The Morgan fingerprint density at radius 3 is 2.48 bits per heavy atom. The first-order valence-electron chi connectivity index (χ1n) is 9.66. The van der Waals surface area contributed by atoms with Gasteiger partial charge in [0.1, 0.15) is 17.9 Å². The number of aryl methyl sites for hydroxylation is 1. The first-order chi connectivity index (χ1) is 12.9. The molecule has 1 fully saturated rings. The van der Waals surface area contributed by atoms with Crippen molar-refractivity contribution in [1.29, 1.82) is 0 Å². The van der Waals surface area contributed by atoms with Crippen molar-refractivity contribution in [3.8, 4) is 5.75 Å². The summed E-state index contributed by atoms with van der Waals surface area (Å²) in [5.41, 5.74) is 1.98. The lowest BCUT2D eigenvalue weighted by Crippen LogP contribution is -2.33. The van der Waals surface area contributed by atoms with Gasteiger partial charge in [-0.2, -0.15) is 0 Å². The Morgan fingerprint density at radius 2 is 1.85 bits per heavy atom. The lowest BCUT2D eigenvalue weighted by molar-refractivity contribution is -0.146. The second-order valence-corrected chi connectivity index (χ2v) is 7.23. The van der Waals surface area contributed by atoms with Crippen molar-refractivity contribution in [1.82, 2.24) is 4.90 Å². The smallest absolute Gasteiger partial charge is 0.344 e. The highest BCUT2D eigenvalue weighted by Crippen LogP contribution is 2.33. The Labute approximate surface area is 161 Å². The number of methoxy groups -OCH3 is 1.